The largest absolute Gasteiger partial charge is 0.467 e. The van der Waals surface area contributed by atoms with Crippen LogP contribution in [-0.4, -0.2) is 30.0 Å². The van der Waals surface area contributed by atoms with Gasteiger partial charge >= 0.3 is 5.97 Å². The number of ether oxygens (including phenoxy) is 1. The average molecular weight is 344 g/mol. The molecule has 0 aliphatic carbocycles. The summed E-state index contributed by atoms with van der Waals surface area (Å²) in [5, 5.41) is 4.00. The Labute approximate surface area is 149 Å². The molecule has 2 aromatic rings. The smallest absolute Gasteiger partial charge is 0.328 e. The summed E-state index contributed by atoms with van der Waals surface area (Å²) in [6.45, 7) is 3.99. The number of hydrogen-bond acceptors (Lipinski definition) is 3. The zero-order valence-electron chi connectivity index (χ0n) is 15.3. The summed E-state index contributed by atoms with van der Waals surface area (Å²) in [5.74, 6) is -0.710. The lowest BCUT2D eigenvalue weighted by Crippen LogP contribution is -2.44. The predicted octanol–water partition coefficient (Wildman–Crippen LogP) is 3.58. The summed E-state index contributed by atoms with van der Waals surface area (Å²) >= 11 is 0. The number of aromatic amines is 1. The van der Waals surface area contributed by atoms with Gasteiger partial charge in [0.1, 0.15) is 6.04 Å². The highest BCUT2D eigenvalue weighted by molar-refractivity contribution is 5.87. The number of carbonyl (C=O) groups is 2. The number of rotatable bonds is 9. The third kappa shape index (κ3) is 5.08. The van der Waals surface area contributed by atoms with Gasteiger partial charge in [-0.1, -0.05) is 51.3 Å². The molecule has 1 amide bonds. The molecule has 0 aliphatic rings. The quantitative estimate of drug-likeness (QED) is 0.539. The van der Waals surface area contributed by atoms with Gasteiger partial charge in [-0.15, -0.1) is 0 Å². The van der Waals surface area contributed by atoms with Crippen LogP contribution in [0.2, 0.25) is 0 Å². The summed E-state index contributed by atoms with van der Waals surface area (Å²) in [6, 6.07) is 7.48. The number of unbranched alkanes of at least 4 members (excludes halogenated alkanes) is 2. The van der Waals surface area contributed by atoms with Gasteiger partial charge in [-0.3, -0.25) is 4.79 Å². The van der Waals surface area contributed by atoms with Crippen molar-refractivity contribution in [2.24, 2.45) is 5.92 Å². The molecule has 0 aliphatic heterocycles. The summed E-state index contributed by atoms with van der Waals surface area (Å²) in [7, 11) is 1.36. The van der Waals surface area contributed by atoms with E-state index in [2.05, 4.69) is 17.2 Å². The van der Waals surface area contributed by atoms with E-state index in [1.807, 2.05) is 37.4 Å². The second kappa shape index (κ2) is 9.25. The predicted molar refractivity (Wildman–Crippen MR) is 99.3 cm³/mol. The highest BCUT2D eigenvalue weighted by Gasteiger charge is 2.24. The van der Waals surface area contributed by atoms with Crippen molar-refractivity contribution in [3.05, 3.63) is 36.0 Å². The molecule has 0 radical (unpaired) electrons. The SMILES string of the molecule is CCCCC[C@H](NC(=O)C(C)Cc1c[nH]c2ccccc12)C(=O)OC. The number of benzene rings is 1. The van der Waals surface area contributed by atoms with Gasteiger partial charge in [-0.2, -0.15) is 0 Å². The zero-order chi connectivity index (χ0) is 18.2. The fourth-order valence-corrected chi connectivity index (χ4v) is 3.03. The maximum Gasteiger partial charge on any atom is 0.328 e. The number of carbonyl (C=O) groups excluding carboxylic acids is 2. The first-order chi connectivity index (χ1) is 12.1. The molecule has 2 atom stereocenters. The number of fused-ring (bicyclic) bond motifs is 1. The molecule has 5 heteroatoms. The second-order valence-corrected chi connectivity index (χ2v) is 6.54. The van der Waals surface area contributed by atoms with Gasteiger partial charge in [0.2, 0.25) is 5.91 Å². The van der Waals surface area contributed by atoms with E-state index in [9.17, 15) is 9.59 Å². The summed E-state index contributed by atoms with van der Waals surface area (Å²) in [6.07, 6.45) is 6.19. The number of methoxy groups -OCH3 is 1. The first-order valence-corrected chi connectivity index (χ1v) is 9.00. The molecule has 5 nitrogen and oxygen atoms in total. The molecule has 1 aromatic carbocycles. The molecule has 1 heterocycles. The van der Waals surface area contributed by atoms with E-state index in [-0.39, 0.29) is 17.8 Å². The first-order valence-electron chi connectivity index (χ1n) is 9.00. The van der Waals surface area contributed by atoms with E-state index >= 15 is 0 Å². The van der Waals surface area contributed by atoms with Crippen LogP contribution in [0.3, 0.4) is 0 Å². The van der Waals surface area contributed by atoms with Crippen molar-refractivity contribution in [1.82, 2.24) is 10.3 Å². The van der Waals surface area contributed by atoms with Gasteiger partial charge in [0, 0.05) is 23.0 Å². The molecule has 0 bridgehead atoms. The number of amides is 1. The molecule has 25 heavy (non-hydrogen) atoms. The van der Waals surface area contributed by atoms with Crippen LogP contribution >= 0.6 is 0 Å². The molecule has 1 aromatic heterocycles. The van der Waals surface area contributed by atoms with Crippen molar-refractivity contribution in [2.75, 3.05) is 7.11 Å². The highest BCUT2D eigenvalue weighted by Crippen LogP contribution is 2.21. The summed E-state index contributed by atoms with van der Waals surface area (Å²) < 4.78 is 4.83. The second-order valence-electron chi connectivity index (χ2n) is 6.54. The maximum atomic E-state index is 12.5. The number of aromatic nitrogens is 1. The zero-order valence-corrected chi connectivity index (χ0v) is 15.3. The lowest BCUT2D eigenvalue weighted by molar-refractivity contribution is -0.145. The third-order valence-electron chi connectivity index (χ3n) is 4.55. The minimum absolute atomic E-state index is 0.114. The number of H-pyrrole nitrogens is 1. The molecule has 2 N–H and O–H groups in total. The summed E-state index contributed by atoms with van der Waals surface area (Å²) in [4.78, 5) is 27.7. The fraction of sp³-hybridized carbons (Fsp3) is 0.500. The first kappa shape index (κ1) is 19.0. The Morgan fingerprint density at radius 2 is 2.00 bits per heavy atom. The van der Waals surface area contributed by atoms with Gasteiger partial charge in [-0.05, 0) is 24.5 Å². The molecule has 2 rings (SSSR count). The number of para-hydroxylation sites is 1. The van der Waals surface area contributed by atoms with E-state index in [0.717, 1.165) is 35.7 Å². The lowest BCUT2D eigenvalue weighted by Gasteiger charge is -2.19. The number of nitrogens with one attached hydrogen (secondary N) is 2. The molecule has 1 unspecified atom stereocenters. The van der Waals surface area contributed by atoms with Crippen LogP contribution in [0.15, 0.2) is 30.5 Å². The Morgan fingerprint density at radius 3 is 2.72 bits per heavy atom. The molecule has 0 fully saturated rings. The topological polar surface area (TPSA) is 71.2 Å². The van der Waals surface area contributed by atoms with Crippen molar-refractivity contribution < 1.29 is 14.3 Å². The Morgan fingerprint density at radius 1 is 1.24 bits per heavy atom. The van der Waals surface area contributed by atoms with Gasteiger partial charge in [0.15, 0.2) is 0 Å². The average Bonchev–Trinajstić information content (AvgIpc) is 3.03. The third-order valence-corrected chi connectivity index (χ3v) is 4.55. The normalized spacial score (nSPS) is 13.4. The molecule has 0 saturated carbocycles. The Balaban J connectivity index is 1.98. The lowest BCUT2D eigenvalue weighted by atomic mass is 9.99. The van der Waals surface area contributed by atoms with E-state index < -0.39 is 6.04 Å². The molecular weight excluding hydrogens is 316 g/mol. The van der Waals surface area contributed by atoms with Gasteiger partial charge in [-0.25, -0.2) is 4.79 Å². The van der Waals surface area contributed by atoms with Gasteiger partial charge in [0.25, 0.3) is 0 Å². The number of hydrogen-bond donors (Lipinski definition) is 2. The van der Waals surface area contributed by atoms with E-state index in [1.54, 1.807) is 0 Å². The molecular formula is C20H28N2O3. The highest BCUT2D eigenvalue weighted by atomic mass is 16.5. The van der Waals surface area contributed by atoms with Crippen LogP contribution < -0.4 is 5.32 Å². The van der Waals surface area contributed by atoms with Gasteiger partial charge < -0.3 is 15.0 Å². The van der Waals surface area contributed by atoms with E-state index in [0.29, 0.717) is 12.8 Å². The van der Waals surface area contributed by atoms with Crippen LogP contribution in [0, 0.1) is 5.92 Å². The molecule has 0 spiro atoms. The maximum absolute atomic E-state index is 12.5. The van der Waals surface area contributed by atoms with Crippen molar-refractivity contribution >= 4 is 22.8 Å². The monoisotopic (exact) mass is 344 g/mol. The van der Waals surface area contributed by atoms with Gasteiger partial charge in [0.05, 0.1) is 7.11 Å². The van der Waals surface area contributed by atoms with Crippen LogP contribution in [0.1, 0.15) is 45.1 Å². The Kier molecular flexibility index (Phi) is 7.04. The van der Waals surface area contributed by atoms with E-state index in [4.69, 9.17) is 4.74 Å². The summed E-state index contributed by atoms with van der Waals surface area (Å²) in [5.41, 5.74) is 2.18. The van der Waals surface area contributed by atoms with Crippen LogP contribution in [0.4, 0.5) is 0 Å². The Hall–Kier alpha value is -2.30. The fourth-order valence-electron chi connectivity index (χ4n) is 3.03. The number of esters is 1. The van der Waals surface area contributed by atoms with E-state index in [1.165, 1.54) is 7.11 Å². The molecule has 136 valence electrons. The van der Waals surface area contributed by atoms with Crippen molar-refractivity contribution in [3.8, 4) is 0 Å². The van der Waals surface area contributed by atoms with Crippen molar-refractivity contribution in [3.63, 3.8) is 0 Å². The van der Waals surface area contributed by atoms with Crippen LogP contribution in [-0.2, 0) is 20.7 Å². The molecule has 0 saturated heterocycles. The van der Waals surface area contributed by atoms with Crippen LogP contribution in [0.5, 0.6) is 0 Å². The minimum atomic E-state index is -0.561. The Bertz CT molecular complexity index is 708. The standard InChI is InChI=1S/C20H28N2O3/c1-4-5-6-11-18(20(24)25-3)22-19(23)14(2)12-15-13-21-17-10-8-7-9-16(15)17/h7-10,13-14,18,21H,4-6,11-12H2,1-3H3,(H,22,23)/t14?,18-/m0/s1. The van der Waals surface area contributed by atoms with Crippen LogP contribution in [0.25, 0.3) is 10.9 Å². The van der Waals surface area contributed by atoms with Crippen molar-refractivity contribution in [1.29, 1.82) is 0 Å². The minimum Gasteiger partial charge on any atom is -0.467 e. The van der Waals surface area contributed by atoms with Crippen molar-refractivity contribution in [2.45, 2.75) is 52.0 Å².